The van der Waals surface area contributed by atoms with Crippen molar-refractivity contribution >= 4 is 18.7 Å². The zero-order valence-corrected chi connectivity index (χ0v) is 19.8. The van der Waals surface area contributed by atoms with Gasteiger partial charge in [0, 0.05) is 18.5 Å². The van der Waals surface area contributed by atoms with Crippen LogP contribution in [0.1, 0.15) is 46.5 Å². The fourth-order valence-electron chi connectivity index (χ4n) is 6.46. The lowest BCUT2D eigenvalue weighted by atomic mass is 9.89. The molecule has 3 fully saturated rings. The SMILES string of the molecule is CC(C)(C)[Si](OC[C@@]12CCCN1C[C@@]1(CC1(F)F)C2)(c1ccccc1)c1ccccc1. The van der Waals surface area contributed by atoms with Crippen LogP contribution in [0.15, 0.2) is 60.7 Å². The average molecular weight is 442 g/mol. The van der Waals surface area contributed by atoms with E-state index in [0.29, 0.717) is 19.6 Å². The van der Waals surface area contributed by atoms with Crippen LogP contribution in [0, 0.1) is 5.41 Å². The zero-order chi connectivity index (χ0) is 22.0. The lowest BCUT2D eigenvalue weighted by Gasteiger charge is -2.45. The largest absolute Gasteiger partial charge is 0.406 e. The van der Waals surface area contributed by atoms with E-state index in [1.165, 1.54) is 10.4 Å². The molecule has 1 spiro atoms. The van der Waals surface area contributed by atoms with Gasteiger partial charge in [-0.1, -0.05) is 81.4 Å². The second kappa shape index (κ2) is 6.97. The Labute approximate surface area is 185 Å². The van der Waals surface area contributed by atoms with Gasteiger partial charge in [0.15, 0.2) is 0 Å². The van der Waals surface area contributed by atoms with Gasteiger partial charge < -0.3 is 4.43 Å². The summed E-state index contributed by atoms with van der Waals surface area (Å²) in [5.41, 5.74) is -1.05. The number of rotatable bonds is 5. The van der Waals surface area contributed by atoms with E-state index >= 15 is 0 Å². The minimum Gasteiger partial charge on any atom is -0.406 e. The topological polar surface area (TPSA) is 12.5 Å². The highest BCUT2D eigenvalue weighted by atomic mass is 28.4. The first-order valence-corrected chi connectivity index (χ1v) is 13.4. The van der Waals surface area contributed by atoms with Crippen LogP contribution >= 0.6 is 0 Å². The number of benzene rings is 2. The Kier molecular flexibility index (Phi) is 4.78. The van der Waals surface area contributed by atoms with E-state index in [4.69, 9.17) is 4.43 Å². The van der Waals surface area contributed by atoms with Crippen LogP contribution in [-0.2, 0) is 4.43 Å². The minimum atomic E-state index is -2.66. The number of fused-ring (bicyclic) bond motifs is 1. The predicted molar refractivity (Wildman–Crippen MR) is 124 cm³/mol. The van der Waals surface area contributed by atoms with Crippen molar-refractivity contribution < 1.29 is 13.2 Å². The third-order valence-electron chi connectivity index (χ3n) is 8.09. The third-order valence-corrected chi connectivity index (χ3v) is 13.1. The molecule has 166 valence electrons. The molecule has 0 radical (unpaired) electrons. The second-order valence-corrected chi connectivity index (χ2v) is 15.3. The maximum Gasteiger partial charge on any atom is 0.261 e. The molecule has 0 bridgehead atoms. The van der Waals surface area contributed by atoms with Crippen molar-refractivity contribution in [2.24, 2.45) is 5.41 Å². The fourth-order valence-corrected chi connectivity index (χ4v) is 11.1. The summed E-state index contributed by atoms with van der Waals surface area (Å²) in [6, 6.07) is 21.2. The van der Waals surface area contributed by atoms with Crippen molar-refractivity contribution in [2.75, 3.05) is 19.7 Å². The van der Waals surface area contributed by atoms with E-state index in [9.17, 15) is 8.78 Å². The lowest BCUT2D eigenvalue weighted by Crippen LogP contribution is -2.68. The molecular weight excluding hydrogens is 408 g/mol. The summed E-state index contributed by atoms with van der Waals surface area (Å²) >= 11 is 0. The number of alkyl halides is 2. The summed E-state index contributed by atoms with van der Waals surface area (Å²) in [6.45, 7) is 8.81. The molecule has 2 saturated heterocycles. The van der Waals surface area contributed by atoms with Crippen LogP contribution in [0.25, 0.3) is 0 Å². The van der Waals surface area contributed by atoms with Crippen LogP contribution < -0.4 is 10.4 Å². The van der Waals surface area contributed by atoms with Crippen molar-refractivity contribution in [1.29, 1.82) is 0 Å². The van der Waals surface area contributed by atoms with E-state index in [1.54, 1.807) is 0 Å². The molecule has 5 rings (SSSR count). The molecule has 2 aliphatic heterocycles. The summed E-state index contributed by atoms with van der Waals surface area (Å²) in [7, 11) is -2.66. The third kappa shape index (κ3) is 3.15. The highest BCUT2D eigenvalue weighted by Gasteiger charge is 2.77. The number of hydrogen-bond donors (Lipinski definition) is 0. The van der Waals surface area contributed by atoms with Gasteiger partial charge >= 0.3 is 0 Å². The highest BCUT2D eigenvalue weighted by molar-refractivity contribution is 6.99. The van der Waals surface area contributed by atoms with E-state index in [2.05, 4.69) is 74.2 Å². The number of halogens is 2. The Morgan fingerprint density at radius 1 is 0.935 bits per heavy atom. The normalized spacial score (nSPS) is 30.0. The average Bonchev–Trinajstić information content (AvgIpc) is 2.98. The Bertz CT molecular complexity index is 905. The Morgan fingerprint density at radius 3 is 1.97 bits per heavy atom. The van der Waals surface area contributed by atoms with Crippen molar-refractivity contribution in [2.45, 2.75) is 63.0 Å². The maximum absolute atomic E-state index is 14.3. The Balaban J connectivity index is 1.54. The van der Waals surface area contributed by atoms with E-state index in [-0.39, 0.29) is 17.0 Å². The molecule has 2 aromatic carbocycles. The molecule has 0 aromatic heterocycles. The van der Waals surface area contributed by atoms with Crippen molar-refractivity contribution in [3.05, 3.63) is 60.7 Å². The highest BCUT2D eigenvalue weighted by Crippen LogP contribution is 2.69. The van der Waals surface area contributed by atoms with Gasteiger partial charge in [-0.25, -0.2) is 8.78 Å². The Morgan fingerprint density at radius 2 is 1.48 bits per heavy atom. The molecule has 3 aliphatic rings. The van der Waals surface area contributed by atoms with Crippen molar-refractivity contribution in [3.8, 4) is 0 Å². The molecule has 5 heteroatoms. The molecule has 2 aromatic rings. The first-order chi connectivity index (χ1) is 14.6. The van der Waals surface area contributed by atoms with E-state index in [1.807, 2.05) is 12.1 Å². The van der Waals surface area contributed by atoms with Gasteiger partial charge in [-0.2, -0.15) is 0 Å². The van der Waals surface area contributed by atoms with Crippen molar-refractivity contribution in [3.63, 3.8) is 0 Å². The Hall–Kier alpha value is -1.56. The summed E-state index contributed by atoms with van der Waals surface area (Å²) < 4.78 is 35.8. The monoisotopic (exact) mass is 441 g/mol. The van der Waals surface area contributed by atoms with Crippen molar-refractivity contribution in [1.82, 2.24) is 4.90 Å². The molecule has 0 N–H and O–H groups in total. The maximum atomic E-state index is 14.3. The fraction of sp³-hybridized carbons (Fsp3) is 0.538. The molecule has 0 amide bonds. The van der Waals surface area contributed by atoms with E-state index in [0.717, 1.165) is 19.4 Å². The molecule has 1 saturated carbocycles. The van der Waals surface area contributed by atoms with Gasteiger partial charge in [-0.3, -0.25) is 4.90 Å². The van der Waals surface area contributed by atoms with Crippen LogP contribution in [0.3, 0.4) is 0 Å². The quantitative estimate of drug-likeness (QED) is 0.617. The standard InChI is InChI=1S/C26H33F2NOSi/c1-23(2,3)31(21-11-6-4-7-12-21,22-13-8-5-9-14-22)30-20-25-15-10-16-29(25)19-24(17-25)18-26(24,27)28/h4-9,11-14H,10,15-20H2,1-3H3/t24-,25-/m0/s1. The summed E-state index contributed by atoms with van der Waals surface area (Å²) in [5, 5.41) is 2.40. The molecule has 2 heterocycles. The smallest absolute Gasteiger partial charge is 0.261 e. The van der Waals surface area contributed by atoms with Gasteiger partial charge in [-0.05, 0) is 41.2 Å². The van der Waals surface area contributed by atoms with Crippen LogP contribution in [0.5, 0.6) is 0 Å². The van der Waals surface area contributed by atoms with Gasteiger partial charge in [0.25, 0.3) is 14.2 Å². The lowest BCUT2D eigenvalue weighted by molar-refractivity contribution is 0.0647. The molecule has 2 nitrogen and oxygen atoms in total. The summed E-state index contributed by atoms with van der Waals surface area (Å²) in [6.07, 6.45) is 2.66. The first kappa shape index (κ1) is 21.3. The second-order valence-electron chi connectivity index (χ2n) is 11.0. The number of nitrogens with zero attached hydrogens (tertiary/aromatic N) is 1. The molecule has 1 aliphatic carbocycles. The molecule has 31 heavy (non-hydrogen) atoms. The zero-order valence-electron chi connectivity index (χ0n) is 18.8. The van der Waals surface area contributed by atoms with Crippen LogP contribution in [-0.4, -0.2) is 44.4 Å². The molecule has 0 unspecified atom stereocenters. The minimum absolute atomic E-state index is 0.0530. The van der Waals surface area contributed by atoms with Gasteiger partial charge in [0.2, 0.25) is 0 Å². The van der Waals surface area contributed by atoms with E-state index < -0.39 is 19.7 Å². The summed E-state index contributed by atoms with van der Waals surface area (Å²) in [5.74, 6) is -2.50. The summed E-state index contributed by atoms with van der Waals surface area (Å²) in [4.78, 5) is 2.34. The van der Waals surface area contributed by atoms with Gasteiger partial charge in [0.05, 0.1) is 12.0 Å². The first-order valence-electron chi connectivity index (χ1n) is 11.5. The number of hydrogen-bond acceptors (Lipinski definition) is 2. The van der Waals surface area contributed by atoms with Crippen LogP contribution in [0.4, 0.5) is 8.78 Å². The molecular formula is C26H33F2NOSi. The van der Waals surface area contributed by atoms with Crippen LogP contribution in [0.2, 0.25) is 5.04 Å². The van der Waals surface area contributed by atoms with Gasteiger partial charge in [0.1, 0.15) is 0 Å². The predicted octanol–water partition coefficient (Wildman–Crippen LogP) is 4.83. The van der Waals surface area contributed by atoms with Gasteiger partial charge in [-0.15, -0.1) is 0 Å². The molecule has 2 atom stereocenters.